The van der Waals surface area contributed by atoms with E-state index in [9.17, 15) is 9.90 Å². The molecule has 1 aliphatic heterocycles. The molecule has 2 aliphatic rings. The number of aliphatic hydroxyl groups is 1. The van der Waals surface area contributed by atoms with E-state index >= 15 is 0 Å². The number of ether oxygens (including phenoxy) is 2. The lowest BCUT2D eigenvalue weighted by molar-refractivity contribution is -0.0908. The highest BCUT2D eigenvalue weighted by atomic mass is 16.6. The molecule has 0 radical (unpaired) electrons. The summed E-state index contributed by atoms with van der Waals surface area (Å²) >= 11 is 0. The lowest BCUT2D eigenvalue weighted by Gasteiger charge is -2.45. The Hall–Kier alpha value is -1.75. The quantitative estimate of drug-likeness (QED) is 0.929. The standard InChI is InChI=1S/C18H25NO4/c1-13(14-3-5-16(22-2)6-4-14)19-12-11-18(23-17(19)21)9-7-15(20)8-10-18/h3-6,13,15,20H,7-12H2,1-2H3. The van der Waals surface area contributed by atoms with Crippen LogP contribution in [0.15, 0.2) is 24.3 Å². The van der Waals surface area contributed by atoms with Gasteiger partial charge in [0.15, 0.2) is 0 Å². The van der Waals surface area contributed by atoms with Gasteiger partial charge in [-0.05, 0) is 50.3 Å². The molecule has 23 heavy (non-hydrogen) atoms. The predicted molar refractivity (Wildman–Crippen MR) is 86.4 cm³/mol. The van der Waals surface area contributed by atoms with Crippen LogP contribution in [0.5, 0.6) is 5.75 Å². The van der Waals surface area contributed by atoms with Gasteiger partial charge in [0.25, 0.3) is 0 Å². The van der Waals surface area contributed by atoms with Crippen LogP contribution in [0.3, 0.4) is 0 Å². The highest BCUT2D eigenvalue weighted by Gasteiger charge is 2.44. The molecular weight excluding hydrogens is 294 g/mol. The summed E-state index contributed by atoms with van der Waals surface area (Å²) in [6.07, 6.45) is 3.34. The minimum atomic E-state index is -0.355. The summed E-state index contributed by atoms with van der Waals surface area (Å²) in [6, 6.07) is 7.76. The molecule has 1 heterocycles. The summed E-state index contributed by atoms with van der Waals surface area (Å²) in [7, 11) is 1.64. The summed E-state index contributed by atoms with van der Waals surface area (Å²) in [5.74, 6) is 0.807. The molecule has 1 aromatic rings. The number of benzene rings is 1. The van der Waals surface area contributed by atoms with E-state index in [2.05, 4.69) is 0 Å². The van der Waals surface area contributed by atoms with E-state index in [1.54, 1.807) is 12.0 Å². The molecule has 126 valence electrons. The third kappa shape index (κ3) is 3.29. The van der Waals surface area contributed by atoms with Crippen LogP contribution in [0, 0.1) is 0 Å². The van der Waals surface area contributed by atoms with Gasteiger partial charge in [-0.2, -0.15) is 0 Å². The molecule has 1 spiro atoms. The van der Waals surface area contributed by atoms with Crippen LogP contribution in [0.4, 0.5) is 4.79 Å². The summed E-state index contributed by atoms with van der Waals surface area (Å²) in [4.78, 5) is 14.3. The summed E-state index contributed by atoms with van der Waals surface area (Å²) in [5, 5.41) is 9.66. The van der Waals surface area contributed by atoms with Crippen LogP contribution < -0.4 is 4.74 Å². The topological polar surface area (TPSA) is 59.0 Å². The highest BCUT2D eigenvalue weighted by molar-refractivity contribution is 5.69. The zero-order chi connectivity index (χ0) is 16.4. The number of carbonyl (C=O) groups excluding carboxylic acids is 1. The number of hydrogen-bond donors (Lipinski definition) is 1. The lowest BCUT2D eigenvalue weighted by Crippen LogP contribution is -2.52. The van der Waals surface area contributed by atoms with Crippen molar-refractivity contribution in [2.24, 2.45) is 0 Å². The van der Waals surface area contributed by atoms with E-state index in [1.807, 2.05) is 31.2 Å². The normalized spacial score (nSPS) is 29.3. The summed E-state index contributed by atoms with van der Waals surface area (Å²) < 4.78 is 11.0. The van der Waals surface area contributed by atoms with Crippen LogP contribution in [-0.4, -0.2) is 41.5 Å². The van der Waals surface area contributed by atoms with Crippen molar-refractivity contribution in [3.63, 3.8) is 0 Å². The number of nitrogens with zero attached hydrogens (tertiary/aromatic N) is 1. The number of carbonyl (C=O) groups is 1. The van der Waals surface area contributed by atoms with Crippen molar-refractivity contribution in [2.45, 2.75) is 56.8 Å². The van der Waals surface area contributed by atoms with Gasteiger partial charge >= 0.3 is 6.09 Å². The monoisotopic (exact) mass is 319 g/mol. The first-order valence-electron chi connectivity index (χ1n) is 8.35. The van der Waals surface area contributed by atoms with Gasteiger partial charge in [-0.25, -0.2) is 4.79 Å². The maximum absolute atomic E-state index is 12.5. The van der Waals surface area contributed by atoms with Gasteiger partial charge in [-0.3, -0.25) is 0 Å². The second-order valence-electron chi connectivity index (χ2n) is 6.67. The van der Waals surface area contributed by atoms with Gasteiger partial charge in [0, 0.05) is 13.0 Å². The van der Waals surface area contributed by atoms with Crippen LogP contribution in [0.1, 0.15) is 50.6 Å². The van der Waals surface area contributed by atoms with E-state index in [1.165, 1.54) is 0 Å². The average Bonchev–Trinajstić information content (AvgIpc) is 2.57. The van der Waals surface area contributed by atoms with Gasteiger partial charge in [0.05, 0.1) is 19.3 Å². The zero-order valence-electron chi connectivity index (χ0n) is 13.8. The lowest BCUT2D eigenvalue weighted by atomic mass is 9.80. The SMILES string of the molecule is COc1ccc(C(C)N2CCC3(CCC(O)CC3)OC2=O)cc1. The molecule has 5 nitrogen and oxygen atoms in total. The number of amides is 1. The Morgan fingerprint density at radius 1 is 1.26 bits per heavy atom. The molecule has 0 bridgehead atoms. The Morgan fingerprint density at radius 2 is 1.91 bits per heavy atom. The molecule has 3 rings (SSSR count). The first kappa shape index (κ1) is 16.1. The van der Waals surface area contributed by atoms with Gasteiger partial charge in [0.2, 0.25) is 0 Å². The fourth-order valence-corrected chi connectivity index (χ4v) is 3.61. The fourth-order valence-electron chi connectivity index (χ4n) is 3.61. The number of aliphatic hydroxyl groups excluding tert-OH is 1. The van der Waals surface area contributed by atoms with Crippen LogP contribution in [-0.2, 0) is 4.74 Å². The molecule has 1 saturated heterocycles. The number of hydrogen-bond acceptors (Lipinski definition) is 4. The van der Waals surface area contributed by atoms with Crippen molar-refractivity contribution < 1.29 is 19.4 Å². The minimum absolute atomic E-state index is 0.0278. The van der Waals surface area contributed by atoms with Crippen LogP contribution in [0.2, 0.25) is 0 Å². The predicted octanol–water partition coefficient (Wildman–Crippen LogP) is 3.27. The molecule has 5 heteroatoms. The molecule has 1 aromatic carbocycles. The highest BCUT2D eigenvalue weighted by Crippen LogP contribution is 2.39. The van der Waals surface area contributed by atoms with Gasteiger partial charge in [-0.1, -0.05) is 12.1 Å². The van der Waals surface area contributed by atoms with Crippen LogP contribution in [0.25, 0.3) is 0 Å². The third-order valence-corrected chi connectivity index (χ3v) is 5.28. The van der Waals surface area contributed by atoms with E-state index in [0.717, 1.165) is 43.4 Å². The molecule has 0 aromatic heterocycles. The Bertz CT molecular complexity index is 549. The molecule has 1 aliphatic carbocycles. The Morgan fingerprint density at radius 3 is 2.48 bits per heavy atom. The average molecular weight is 319 g/mol. The Labute approximate surface area is 137 Å². The largest absolute Gasteiger partial charge is 0.497 e. The third-order valence-electron chi connectivity index (χ3n) is 5.28. The van der Waals surface area contributed by atoms with E-state index in [4.69, 9.17) is 9.47 Å². The summed E-state index contributed by atoms with van der Waals surface area (Å²) in [5.41, 5.74) is 0.713. The van der Waals surface area contributed by atoms with Crippen molar-refractivity contribution in [3.8, 4) is 5.75 Å². The second kappa shape index (κ2) is 6.40. The Kier molecular flexibility index (Phi) is 4.48. The van der Waals surface area contributed by atoms with Crippen molar-refractivity contribution in [1.82, 2.24) is 4.90 Å². The maximum Gasteiger partial charge on any atom is 0.410 e. The molecule has 1 saturated carbocycles. The van der Waals surface area contributed by atoms with Gasteiger partial charge in [-0.15, -0.1) is 0 Å². The summed E-state index contributed by atoms with van der Waals surface area (Å²) in [6.45, 7) is 2.72. The smallest absolute Gasteiger partial charge is 0.410 e. The number of rotatable bonds is 3. The molecular formula is C18H25NO4. The van der Waals surface area contributed by atoms with Crippen LogP contribution >= 0.6 is 0 Å². The van der Waals surface area contributed by atoms with E-state index in [0.29, 0.717) is 6.54 Å². The Balaban J connectivity index is 1.66. The molecule has 1 unspecified atom stereocenters. The minimum Gasteiger partial charge on any atom is -0.497 e. The maximum atomic E-state index is 12.5. The first-order chi connectivity index (χ1) is 11.0. The van der Waals surface area contributed by atoms with Gasteiger partial charge < -0.3 is 19.5 Å². The van der Waals surface area contributed by atoms with Crippen molar-refractivity contribution >= 4 is 6.09 Å². The van der Waals surface area contributed by atoms with E-state index < -0.39 is 0 Å². The van der Waals surface area contributed by atoms with E-state index in [-0.39, 0.29) is 23.8 Å². The molecule has 1 amide bonds. The van der Waals surface area contributed by atoms with Gasteiger partial charge in [0.1, 0.15) is 11.4 Å². The van der Waals surface area contributed by atoms with Crippen molar-refractivity contribution in [2.75, 3.05) is 13.7 Å². The molecule has 1 atom stereocenters. The first-order valence-corrected chi connectivity index (χ1v) is 8.35. The van der Waals surface area contributed by atoms with Crippen molar-refractivity contribution in [1.29, 1.82) is 0 Å². The second-order valence-corrected chi connectivity index (χ2v) is 6.67. The van der Waals surface area contributed by atoms with Crippen molar-refractivity contribution in [3.05, 3.63) is 29.8 Å². The zero-order valence-corrected chi connectivity index (χ0v) is 13.8. The fraction of sp³-hybridized carbons (Fsp3) is 0.611. The molecule has 2 fully saturated rings. The number of methoxy groups -OCH3 is 1. The molecule has 1 N–H and O–H groups in total.